The number of halogens is 1. The van der Waals surface area contributed by atoms with Gasteiger partial charge in [0.2, 0.25) is 0 Å². The van der Waals surface area contributed by atoms with Crippen molar-refractivity contribution in [3.63, 3.8) is 0 Å². The molecule has 2 aromatic carbocycles. The van der Waals surface area contributed by atoms with E-state index in [0.717, 1.165) is 19.3 Å². The lowest BCUT2D eigenvalue weighted by Gasteiger charge is -2.27. The fourth-order valence-electron chi connectivity index (χ4n) is 4.61. The molecule has 9 heteroatoms. The van der Waals surface area contributed by atoms with Crippen molar-refractivity contribution in [2.75, 3.05) is 13.7 Å². The van der Waals surface area contributed by atoms with Gasteiger partial charge >= 0.3 is 5.97 Å². The SMILES string of the molecule is COc1cn([C@@H](CCOC2CCC2)C(=O)Cc2ccc(C(=O)O)cc2)c(=O)cc1-c1cc(Cl)ccc1C(C)=O. The number of nitrogens with zero attached hydrogens (tertiary/aromatic N) is 1. The molecule has 0 spiro atoms. The number of aromatic nitrogens is 1. The molecule has 1 fully saturated rings. The first-order valence-corrected chi connectivity index (χ1v) is 13.1. The molecule has 204 valence electrons. The molecular formula is C30H30ClNO7. The first-order valence-electron chi connectivity index (χ1n) is 12.8. The third-order valence-electron chi connectivity index (χ3n) is 7.00. The summed E-state index contributed by atoms with van der Waals surface area (Å²) >= 11 is 6.21. The van der Waals surface area contributed by atoms with Crippen LogP contribution in [0, 0.1) is 0 Å². The average molecular weight is 552 g/mol. The molecule has 1 N–H and O–H groups in total. The Balaban J connectivity index is 1.70. The lowest BCUT2D eigenvalue weighted by molar-refractivity contribution is -0.122. The zero-order valence-electron chi connectivity index (χ0n) is 21.8. The smallest absolute Gasteiger partial charge is 0.335 e. The summed E-state index contributed by atoms with van der Waals surface area (Å²) in [6.45, 7) is 1.73. The van der Waals surface area contributed by atoms with E-state index in [4.69, 9.17) is 26.2 Å². The molecule has 39 heavy (non-hydrogen) atoms. The van der Waals surface area contributed by atoms with Crippen LogP contribution >= 0.6 is 11.6 Å². The number of methoxy groups -OCH3 is 1. The molecule has 8 nitrogen and oxygen atoms in total. The lowest BCUT2D eigenvalue weighted by atomic mass is 9.96. The van der Waals surface area contributed by atoms with Gasteiger partial charge in [-0.3, -0.25) is 14.4 Å². The Morgan fingerprint density at radius 3 is 2.38 bits per heavy atom. The second-order valence-corrected chi connectivity index (χ2v) is 10.1. The molecule has 3 aromatic rings. The van der Waals surface area contributed by atoms with Crippen LogP contribution in [0.3, 0.4) is 0 Å². The summed E-state index contributed by atoms with van der Waals surface area (Å²) in [6, 6.07) is 11.4. The van der Waals surface area contributed by atoms with Crippen molar-refractivity contribution in [2.45, 2.75) is 51.2 Å². The lowest BCUT2D eigenvalue weighted by Crippen LogP contribution is -2.32. The second kappa shape index (κ2) is 12.4. The summed E-state index contributed by atoms with van der Waals surface area (Å²) in [5.41, 5.74) is 1.57. The Bertz CT molecular complexity index is 1440. The summed E-state index contributed by atoms with van der Waals surface area (Å²) in [5.74, 6) is -1.16. The highest BCUT2D eigenvalue weighted by molar-refractivity contribution is 6.31. The third-order valence-corrected chi connectivity index (χ3v) is 7.23. The van der Waals surface area contributed by atoms with Crippen molar-refractivity contribution >= 4 is 29.1 Å². The summed E-state index contributed by atoms with van der Waals surface area (Å²) in [4.78, 5) is 50.5. The predicted octanol–water partition coefficient (Wildman–Crippen LogP) is 5.39. The van der Waals surface area contributed by atoms with Gasteiger partial charge in [0.25, 0.3) is 5.56 Å². The van der Waals surface area contributed by atoms with Gasteiger partial charge in [-0.1, -0.05) is 23.7 Å². The zero-order chi connectivity index (χ0) is 28.1. The first-order chi connectivity index (χ1) is 18.7. The van der Waals surface area contributed by atoms with Gasteiger partial charge < -0.3 is 19.1 Å². The topological polar surface area (TPSA) is 112 Å². The number of hydrogen-bond donors (Lipinski definition) is 1. The van der Waals surface area contributed by atoms with Crippen LogP contribution < -0.4 is 10.3 Å². The van der Waals surface area contributed by atoms with Crippen molar-refractivity contribution in [1.29, 1.82) is 0 Å². The molecule has 0 aliphatic heterocycles. The number of aromatic carboxylic acids is 1. The van der Waals surface area contributed by atoms with Crippen LogP contribution in [0.4, 0.5) is 0 Å². The predicted molar refractivity (Wildman–Crippen MR) is 147 cm³/mol. The third kappa shape index (κ3) is 6.64. The number of carboxylic acid groups (broad SMARTS) is 1. The van der Waals surface area contributed by atoms with Crippen molar-refractivity contribution in [3.8, 4) is 16.9 Å². The minimum atomic E-state index is -1.05. The van der Waals surface area contributed by atoms with Gasteiger partial charge in [0.05, 0.1) is 31.0 Å². The number of carboxylic acids is 1. The van der Waals surface area contributed by atoms with Crippen LogP contribution in [0.5, 0.6) is 5.75 Å². The largest absolute Gasteiger partial charge is 0.495 e. The summed E-state index contributed by atoms with van der Waals surface area (Å²) in [7, 11) is 1.45. The number of Topliss-reactive ketones (excluding diaryl/α,β-unsaturated/α-hetero) is 2. The van der Waals surface area contributed by atoms with Crippen molar-refractivity contribution < 1.29 is 29.0 Å². The monoisotopic (exact) mass is 551 g/mol. The van der Waals surface area contributed by atoms with Crippen LogP contribution in [0.2, 0.25) is 5.02 Å². The Kier molecular flexibility index (Phi) is 8.99. The molecule has 1 aliphatic rings. The molecule has 1 aromatic heterocycles. The van der Waals surface area contributed by atoms with Crippen LogP contribution in [0.25, 0.3) is 11.1 Å². The van der Waals surface area contributed by atoms with Gasteiger partial charge in [-0.2, -0.15) is 0 Å². The van der Waals surface area contributed by atoms with Gasteiger partial charge in [0, 0.05) is 35.2 Å². The van der Waals surface area contributed by atoms with E-state index in [0.29, 0.717) is 39.6 Å². The van der Waals surface area contributed by atoms with Crippen molar-refractivity contribution in [2.24, 2.45) is 0 Å². The van der Waals surface area contributed by atoms with Gasteiger partial charge in [-0.05, 0) is 74.1 Å². The number of rotatable bonds is 12. The molecule has 0 radical (unpaired) electrons. The summed E-state index contributed by atoms with van der Waals surface area (Å²) in [5, 5.41) is 9.55. The zero-order valence-corrected chi connectivity index (χ0v) is 22.6. The maximum absolute atomic E-state index is 13.6. The van der Waals surface area contributed by atoms with Crippen LogP contribution in [0.1, 0.15) is 64.9 Å². The van der Waals surface area contributed by atoms with E-state index in [2.05, 4.69) is 0 Å². The molecule has 1 atom stereocenters. The number of hydrogen-bond acceptors (Lipinski definition) is 6. The number of carbonyl (C=O) groups excluding carboxylic acids is 2. The standard InChI is InChI=1S/C30H30ClNO7/c1-18(33)23-11-10-21(31)15-24(23)25-16-29(35)32(17-28(25)38-2)26(12-13-39-22-4-3-5-22)27(34)14-19-6-8-20(9-7-19)30(36)37/h6-11,15-17,22,26H,3-5,12-14H2,1-2H3,(H,36,37)/t26-/m0/s1. The van der Waals surface area contributed by atoms with Crippen LogP contribution in [-0.4, -0.2) is 47.0 Å². The number of carbonyl (C=O) groups is 3. The van der Waals surface area contributed by atoms with E-state index in [-0.39, 0.29) is 36.1 Å². The molecule has 1 heterocycles. The van der Waals surface area contributed by atoms with Gasteiger partial charge in [0.15, 0.2) is 11.6 Å². The second-order valence-electron chi connectivity index (χ2n) is 9.62. The Morgan fingerprint density at radius 2 is 1.79 bits per heavy atom. The van der Waals surface area contributed by atoms with E-state index >= 15 is 0 Å². The number of benzene rings is 2. The van der Waals surface area contributed by atoms with Crippen molar-refractivity contribution in [1.82, 2.24) is 4.57 Å². The minimum Gasteiger partial charge on any atom is -0.495 e. The number of pyridine rings is 1. The first kappa shape index (κ1) is 28.3. The maximum Gasteiger partial charge on any atom is 0.335 e. The van der Waals surface area contributed by atoms with Crippen LogP contribution in [0.15, 0.2) is 59.5 Å². The van der Waals surface area contributed by atoms with E-state index in [1.54, 1.807) is 30.3 Å². The normalized spacial score (nSPS) is 13.9. The van der Waals surface area contributed by atoms with E-state index in [9.17, 15) is 19.2 Å². The molecule has 1 aliphatic carbocycles. The quantitative estimate of drug-likeness (QED) is 0.300. The molecule has 4 rings (SSSR count). The van der Waals surface area contributed by atoms with Gasteiger partial charge in [-0.15, -0.1) is 0 Å². The molecule has 0 unspecified atom stereocenters. The highest BCUT2D eigenvalue weighted by Gasteiger charge is 2.26. The fourth-order valence-corrected chi connectivity index (χ4v) is 4.79. The molecule has 0 amide bonds. The summed E-state index contributed by atoms with van der Waals surface area (Å²) in [6.07, 6.45) is 5.02. The Morgan fingerprint density at radius 1 is 1.08 bits per heavy atom. The Hall–Kier alpha value is -3.75. The molecule has 0 saturated heterocycles. The van der Waals surface area contributed by atoms with Crippen LogP contribution in [-0.2, 0) is 16.0 Å². The van der Waals surface area contributed by atoms with Crippen molar-refractivity contribution in [3.05, 3.63) is 86.8 Å². The maximum atomic E-state index is 13.6. The molecule has 1 saturated carbocycles. The highest BCUT2D eigenvalue weighted by atomic mass is 35.5. The van der Waals surface area contributed by atoms with E-state index < -0.39 is 17.6 Å². The van der Waals surface area contributed by atoms with E-state index in [1.165, 1.54) is 43.0 Å². The average Bonchev–Trinajstić information content (AvgIpc) is 2.88. The number of ketones is 2. The van der Waals surface area contributed by atoms with Gasteiger partial charge in [0.1, 0.15) is 5.75 Å². The molecule has 0 bridgehead atoms. The Labute approximate surface area is 231 Å². The summed E-state index contributed by atoms with van der Waals surface area (Å²) < 4.78 is 12.9. The van der Waals surface area contributed by atoms with E-state index in [1.807, 2.05) is 0 Å². The van der Waals surface area contributed by atoms with Gasteiger partial charge in [-0.25, -0.2) is 4.79 Å². The molecular weight excluding hydrogens is 522 g/mol. The minimum absolute atomic E-state index is 0.00722. The number of ether oxygens (including phenoxy) is 2. The highest BCUT2D eigenvalue weighted by Crippen LogP contribution is 2.34. The fraction of sp³-hybridized carbons (Fsp3) is 0.333.